The maximum atomic E-state index is 7.61. The van der Waals surface area contributed by atoms with Gasteiger partial charge in [-0.15, -0.1) is 0 Å². The Kier molecular flexibility index (Phi) is 0.876. The fraction of sp³-hybridized carbons (Fsp3) is 0.375. The van der Waals surface area contributed by atoms with Crippen molar-refractivity contribution in [3.05, 3.63) is 22.9 Å². The zero-order valence-electron chi connectivity index (χ0n) is 15.2. The highest BCUT2D eigenvalue weighted by molar-refractivity contribution is 9.10. The molecule has 1 aromatic rings. The molecule has 1 heterocycles. The first kappa shape index (κ1) is 2.22. The van der Waals surface area contributed by atoms with Crippen LogP contribution in [0, 0.1) is 0 Å². The average Bonchev–Trinajstić information content (AvgIpc) is 2.30. The Balaban J connectivity index is 3.35. The number of halogens is 1. The third-order valence-electron chi connectivity index (χ3n) is 0.744. The van der Waals surface area contributed by atoms with E-state index in [0.717, 1.165) is 0 Å². The number of rotatable bonds is 3. The second kappa shape index (κ2) is 4.34. The number of ether oxygens (including phenoxy) is 1. The number of nitrogens with zero attached hydrogens (tertiary/aromatic N) is 1. The van der Waals surface area contributed by atoms with Crippen molar-refractivity contribution < 1.29 is 18.4 Å². The molecule has 0 unspecified atom stereocenters. The molecule has 60 valence electrons. The number of hydrogen-bond donors (Lipinski definition) is 0. The van der Waals surface area contributed by atoms with Crippen molar-refractivity contribution in [3.8, 4) is 5.75 Å². The van der Waals surface area contributed by atoms with Crippen molar-refractivity contribution >= 4 is 15.9 Å². The minimum atomic E-state index is -3.39. The van der Waals surface area contributed by atoms with Crippen LogP contribution in [0.25, 0.3) is 0 Å². The summed E-state index contributed by atoms with van der Waals surface area (Å²) in [6.45, 7) is -6.67. The van der Waals surface area contributed by atoms with Crippen LogP contribution < -0.4 is 4.74 Å². The summed E-state index contributed by atoms with van der Waals surface area (Å²) in [5.74, 6) is -0.764. The molecule has 0 amide bonds. The Labute approximate surface area is 88.8 Å². The highest BCUT2D eigenvalue weighted by atomic mass is 79.9. The lowest BCUT2D eigenvalue weighted by molar-refractivity contribution is 0.317. The van der Waals surface area contributed by atoms with Gasteiger partial charge in [-0.1, -0.05) is 6.85 Å². The Morgan fingerprint density at radius 1 is 2.00 bits per heavy atom. The zero-order chi connectivity index (χ0) is 16.8. The van der Waals surface area contributed by atoms with E-state index < -0.39 is 43.8 Å². The van der Waals surface area contributed by atoms with Crippen molar-refractivity contribution in [2.45, 2.75) is 13.2 Å². The maximum absolute atomic E-state index is 7.61. The summed E-state index contributed by atoms with van der Waals surface area (Å²) in [5, 5.41) is 0. The van der Waals surface area contributed by atoms with Crippen molar-refractivity contribution in [3.63, 3.8) is 0 Å². The summed E-state index contributed by atoms with van der Waals surface area (Å²) in [7, 11) is 0. The first-order chi connectivity index (χ1) is 9.22. The zero-order valence-corrected chi connectivity index (χ0v) is 6.82. The SMILES string of the molecule is [2H]c1nc(Br)c([2H])c(OC([2H])([2H])C([2H])([2H])C([2H])([2H])[2H])c1[2H]. The van der Waals surface area contributed by atoms with Crippen LogP contribution in [0.5, 0.6) is 5.75 Å². The molecule has 0 saturated heterocycles. The molecule has 2 nitrogen and oxygen atoms in total. The maximum Gasteiger partial charge on any atom is 0.123 e. The third kappa shape index (κ3) is 2.89. The summed E-state index contributed by atoms with van der Waals surface area (Å²) in [6.07, 6.45) is -4.02. The summed E-state index contributed by atoms with van der Waals surface area (Å²) in [6, 6.07) is -1.32. The van der Waals surface area contributed by atoms with Gasteiger partial charge >= 0.3 is 0 Å². The number of pyridine rings is 1. The molecular formula is C8H10BrNO. The molecule has 0 aromatic carbocycles. The molecule has 1 aromatic heterocycles. The average molecular weight is 226 g/mol. The van der Waals surface area contributed by atoms with E-state index in [-0.39, 0.29) is 4.60 Å². The Morgan fingerprint density at radius 2 is 2.91 bits per heavy atom. The van der Waals surface area contributed by atoms with Gasteiger partial charge in [0.05, 0.1) is 13.4 Å². The van der Waals surface area contributed by atoms with E-state index >= 15 is 0 Å². The topological polar surface area (TPSA) is 22.1 Å². The molecule has 1 rings (SSSR count). The molecule has 0 spiro atoms. The van der Waals surface area contributed by atoms with Crippen LogP contribution >= 0.6 is 15.9 Å². The van der Waals surface area contributed by atoms with E-state index in [1.165, 1.54) is 0 Å². The molecule has 0 radical (unpaired) electrons. The lowest BCUT2D eigenvalue weighted by Gasteiger charge is -2.02. The minimum Gasteiger partial charge on any atom is -0.493 e. The monoisotopic (exact) mass is 225 g/mol. The van der Waals surface area contributed by atoms with E-state index in [1.54, 1.807) is 0 Å². The first-order valence-electron chi connectivity index (χ1n) is 7.54. The van der Waals surface area contributed by atoms with E-state index in [4.69, 9.17) is 13.7 Å². The normalized spacial score (nSPS) is 26.6. The van der Waals surface area contributed by atoms with Gasteiger partial charge in [-0.3, -0.25) is 0 Å². The molecule has 0 aliphatic carbocycles. The quantitative estimate of drug-likeness (QED) is 0.739. The van der Waals surface area contributed by atoms with Crippen molar-refractivity contribution in [1.82, 2.24) is 4.98 Å². The minimum absolute atomic E-state index is 0.205. The van der Waals surface area contributed by atoms with Gasteiger partial charge in [-0.05, 0) is 28.3 Å². The predicted molar refractivity (Wildman–Crippen MR) is 47.7 cm³/mol. The van der Waals surface area contributed by atoms with Gasteiger partial charge in [0.2, 0.25) is 0 Å². The fourth-order valence-corrected chi connectivity index (χ4v) is 0.677. The van der Waals surface area contributed by atoms with Crippen LogP contribution in [0.15, 0.2) is 22.9 Å². The Morgan fingerprint density at radius 3 is 3.73 bits per heavy atom. The van der Waals surface area contributed by atoms with Crippen LogP contribution in [0.1, 0.15) is 26.9 Å². The van der Waals surface area contributed by atoms with Gasteiger partial charge in [0.15, 0.2) is 0 Å². The lowest BCUT2D eigenvalue weighted by atomic mass is 10.4. The van der Waals surface area contributed by atoms with Gasteiger partial charge in [0.25, 0.3) is 0 Å². The molecule has 0 aliphatic heterocycles. The highest BCUT2D eigenvalue weighted by Crippen LogP contribution is 2.14. The predicted octanol–water partition coefficient (Wildman–Crippen LogP) is 2.63. The van der Waals surface area contributed by atoms with E-state index in [1.807, 2.05) is 0 Å². The summed E-state index contributed by atoms with van der Waals surface area (Å²) in [5.41, 5.74) is 0. The van der Waals surface area contributed by atoms with E-state index in [0.29, 0.717) is 0 Å². The van der Waals surface area contributed by atoms with Gasteiger partial charge in [0, 0.05) is 19.1 Å². The van der Waals surface area contributed by atoms with Crippen molar-refractivity contribution in [2.24, 2.45) is 0 Å². The van der Waals surface area contributed by atoms with Gasteiger partial charge in [0.1, 0.15) is 10.4 Å². The molecular weight excluding hydrogens is 206 g/mol. The second-order valence-electron chi connectivity index (χ2n) is 1.42. The largest absolute Gasteiger partial charge is 0.493 e. The summed E-state index contributed by atoms with van der Waals surface area (Å²) >= 11 is 2.82. The summed E-state index contributed by atoms with van der Waals surface area (Å²) in [4.78, 5) is 3.48. The van der Waals surface area contributed by atoms with Crippen LogP contribution in [0.2, 0.25) is 0 Å². The Hall–Kier alpha value is -0.570. The van der Waals surface area contributed by atoms with Crippen LogP contribution in [-0.4, -0.2) is 11.5 Å². The molecule has 0 atom stereocenters. The first-order valence-corrected chi connectivity index (χ1v) is 3.34. The van der Waals surface area contributed by atoms with E-state index in [9.17, 15) is 0 Å². The highest BCUT2D eigenvalue weighted by Gasteiger charge is 1.92. The van der Waals surface area contributed by atoms with Crippen LogP contribution in [0.3, 0.4) is 0 Å². The smallest absolute Gasteiger partial charge is 0.123 e. The standard InChI is InChI=1S/C8H10BrNO/c1-2-5-11-7-3-4-10-8(9)6-7/h3-4,6H,2,5H2,1H3/i1D3,2D2,3D,4D,5D2,6D. The molecule has 0 N–H and O–H groups in total. The van der Waals surface area contributed by atoms with Crippen molar-refractivity contribution in [2.75, 3.05) is 6.56 Å². The molecule has 0 bridgehead atoms. The molecule has 3 heteroatoms. The van der Waals surface area contributed by atoms with Gasteiger partial charge < -0.3 is 4.74 Å². The van der Waals surface area contributed by atoms with Gasteiger partial charge in [-0.2, -0.15) is 0 Å². The second-order valence-corrected chi connectivity index (χ2v) is 2.17. The lowest BCUT2D eigenvalue weighted by Crippen LogP contribution is -1.94. The molecule has 11 heavy (non-hydrogen) atoms. The number of hydrogen-bond acceptors (Lipinski definition) is 2. The van der Waals surface area contributed by atoms with E-state index in [2.05, 4.69) is 25.7 Å². The number of aromatic nitrogens is 1. The molecule has 0 aliphatic rings. The van der Waals surface area contributed by atoms with Crippen LogP contribution in [-0.2, 0) is 0 Å². The van der Waals surface area contributed by atoms with Crippen LogP contribution in [0.4, 0.5) is 0 Å². The molecule has 0 saturated carbocycles. The fourth-order valence-electron chi connectivity index (χ4n) is 0.408. The third-order valence-corrected chi connectivity index (χ3v) is 1.12. The Bertz CT molecular complexity index is 531. The van der Waals surface area contributed by atoms with Gasteiger partial charge in [-0.25, -0.2) is 4.98 Å². The summed E-state index contributed by atoms with van der Waals surface area (Å²) < 4.78 is 77.8. The van der Waals surface area contributed by atoms with Crippen molar-refractivity contribution in [1.29, 1.82) is 0 Å². The molecule has 0 fully saturated rings.